The smallest absolute Gasteiger partial charge is 0.246 e. The molecule has 3 unspecified atom stereocenters. The molecule has 1 aromatic heterocycles. The van der Waals surface area contributed by atoms with Gasteiger partial charge in [-0.15, -0.1) is 11.3 Å². The molecule has 196 valence electrons. The second kappa shape index (κ2) is 12.3. The molecule has 3 atom stereocenters. The Bertz CT molecular complexity index is 1070. The van der Waals surface area contributed by atoms with E-state index in [9.17, 15) is 19.5 Å². The van der Waals surface area contributed by atoms with E-state index in [0.717, 1.165) is 21.7 Å². The van der Waals surface area contributed by atoms with Crippen LogP contribution in [0.4, 0.5) is 0 Å². The number of aliphatic hydroxyl groups is 1. The van der Waals surface area contributed by atoms with Gasteiger partial charge < -0.3 is 20.6 Å². The molecule has 36 heavy (non-hydrogen) atoms. The van der Waals surface area contributed by atoms with Gasteiger partial charge in [-0.3, -0.25) is 14.4 Å². The van der Waals surface area contributed by atoms with E-state index in [1.807, 2.05) is 57.5 Å². The van der Waals surface area contributed by atoms with Gasteiger partial charge in [0.25, 0.3) is 0 Å². The molecule has 0 aliphatic carbocycles. The lowest BCUT2D eigenvalue weighted by molar-refractivity contribution is -0.144. The monoisotopic (exact) mass is 578 g/mol. The van der Waals surface area contributed by atoms with Crippen LogP contribution >= 0.6 is 27.3 Å². The van der Waals surface area contributed by atoms with Crippen molar-refractivity contribution < 1.29 is 19.5 Å². The van der Waals surface area contributed by atoms with Crippen LogP contribution in [-0.4, -0.2) is 62.8 Å². The molecule has 3 amide bonds. The highest BCUT2D eigenvalue weighted by molar-refractivity contribution is 9.09. The van der Waals surface area contributed by atoms with Crippen LogP contribution in [0.2, 0.25) is 0 Å². The van der Waals surface area contributed by atoms with E-state index in [-0.39, 0.29) is 30.7 Å². The normalized spacial score (nSPS) is 18.7. The first-order valence-corrected chi connectivity index (χ1v) is 14.1. The zero-order chi connectivity index (χ0) is 26.5. The number of thiazole rings is 1. The predicted molar refractivity (Wildman–Crippen MR) is 145 cm³/mol. The van der Waals surface area contributed by atoms with Crippen molar-refractivity contribution in [1.82, 2.24) is 20.5 Å². The van der Waals surface area contributed by atoms with E-state index < -0.39 is 23.6 Å². The number of aromatic nitrogens is 1. The number of aliphatic hydroxyl groups excluding tert-OH is 1. The number of nitrogens with zero attached hydrogens (tertiary/aromatic N) is 2. The van der Waals surface area contributed by atoms with Gasteiger partial charge in [-0.25, -0.2) is 4.98 Å². The maximum Gasteiger partial charge on any atom is 0.246 e. The third-order valence-corrected chi connectivity index (χ3v) is 7.79. The van der Waals surface area contributed by atoms with Gasteiger partial charge in [-0.05, 0) is 29.9 Å². The molecule has 0 spiro atoms. The lowest BCUT2D eigenvalue weighted by atomic mass is 9.85. The number of amides is 3. The van der Waals surface area contributed by atoms with Gasteiger partial charge in [-0.2, -0.15) is 0 Å². The third kappa shape index (κ3) is 7.14. The van der Waals surface area contributed by atoms with Crippen LogP contribution in [-0.2, 0) is 20.9 Å². The summed E-state index contributed by atoms with van der Waals surface area (Å²) in [6.07, 6.45) is 0.334. The van der Waals surface area contributed by atoms with Gasteiger partial charge >= 0.3 is 0 Å². The topological polar surface area (TPSA) is 112 Å². The van der Waals surface area contributed by atoms with Gasteiger partial charge in [0.1, 0.15) is 12.1 Å². The number of hydrogen-bond donors (Lipinski definition) is 3. The molecule has 8 nitrogen and oxygen atoms in total. The highest BCUT2D eigenvalue weighted by Gasteiger charge is 2.44. The second-order valence-electron chi connectivity index (χ2n) is 10.2. The Labute approximate surface area is 225 Å². The molecule has 2 aromatic rings. The standard InChI is InChI=1S/C26H35BrN4O4S/c1-16-22(36-15-29-16)18-9-7-17(8-10-18)13-28-24(34)20-12-19(32)14-31(20)25(35)23(26(2,3)4)30-21(33)6-5-11-27/h7-10,15,19-20,23,32H,5-6,11-14H2,1-4H3,(H,28,34)(H,30,33). The fraction of sp³-hybridized carbons (Fsp3) is 0.538. The van der Waals surface area contributed by atoms with Crippen molar-refractivity contribution in [1.29, 1.82) is 0 Å². The van der Waals surface area contributed by atoms with Crippen molar-refractivity contribution in [3.05, 3.63) is 41.0 Å². The zero-order valence-electron chi connectivity index (χ0n) is 21.2. The number of nitrogens with one attached hydrogen (secondary N) is 2. The molecule has 1 aliphatic heterocycles. The van der Waals surface area contributed by atoms with Crippen LogP contribution in [0, 0.1) is 12.3 Å². The van der Waals surface area contributed by atoms with Gasteiger partial charge in [0, 0.05) is 31.3 Å². The van der Waals surface area contributed by atoms with Gasteiger partial charge in [0.2, 0.25) is 17.7 Å². The molecule has 1 fully saturated rings. The Kier molecular flexibility index (Phi) is 9.66. The fourth-order valence-corrected chi connectivity index (χ4v) is 5.33. The molecule has 1 aliphatic rings. The third-order valence-electron chi connectivity index (χ3n) is 6.25. The summed E-state index contributed by atoms with van der Waals surface area (Å²) in [5.41, 5.74) is 4.25. The van der Waals surface area contributed by atoms with E-state index in [1.54, 1.807) is 11.3 Å². The average molecular weight is 580 g/mol. The molecule has 3 rings (SSSR count). The minimum Gasteiger partial charge on any atom is -0.391 e. The van der Waals surface area contributed by atoms with Crippen LogP contribution in [0.1, 0.15) is 51.3 Å². The van der Waals surface area contributed by atoms with E-state index in [4.69, 9.17) is 0 Å². The van der Waals surface area contributed by atoms with Gasteiger partial charge in [0.05, 0.1) is 22.2 Å². The number of halogens is 1. The number of hydrogen-bond acceptors (Lipinski definition) is 6. The first-order chi connectivity index (χ1) is 17.0. The van der Waals surface area contributed by atoms with E-state index in [2.05, 4.69) is 31.5 Å². The minimum absolute atomic E-state index is 0.0592. The Balaban J connectivity index is 1.66. The molecular weight excluding hydrogens is 544 g/mol. The highest BCUT2D eigenvalue weighted by Crippen LogP contribution is 2.28. The lowest BCUT2D eigenvalue weighted by Gasteiger charge is -2.35. The van der Waals surface area contributed by atoms with Crippen LogP contribution in [0.5, 0.6) is 0 Å². The number of rotatable bonds is 9. The van der Waals surface area contributed by atoms with Crippen LogP contribution in [0.15, 0.2) is 29.8 Å². The molecular formula is C26H35BrN4O4S. The molecule has 1 aromatic carbocycles. The van der Waals surface area contributed by atoms with Gasteiger partial charge in [-0.1, -0.05) is 61.0 Å². The van der Waals surface area contributed by atoms with Crippen LogP contribution < -0.4 is 10.6 Å². The van der Waals surface area contributed by atoms with Gasteiger partial charge in [0.15, 0.2) is 0 Å². The quantitative estimate of drug-likeness (QED) is 0.395. The van der Waals surface area contributed by atoms with Crippen molar-refractivity contribution in [3.8, 4) is 10.4 Å². The number of alkyl halides is 1. The van der Waals surface area contributed by atoms with Crippen molar-refractivity contribution in [2.45, 2.75) is 71.7 Å². The van der Waals surface area contributed by atoms with Crippen LogP contribution in [0.3, 0.4) is 0 Å². The Hall–Kier alpha value is -2.30. The fourth-order valence-electron chi connectivity index (χ4n) is 4.24. The Morgan fingerprint density at radius 3 is 2.53 bits per heavy atom. The number of benzene rings is 1. The summed E-state index contributed by atoms with van der Waals surface area (Å²) in [6, 6.07) is 6.32. The molecule has 3 N–H and O–H groups in total. The summed E-state index contributed by atoms with van der Waals surface area (Å²) in [6.45, 7) is 7.96. The van der Waals surface area contributed by atoms with E-state index in [1.165, 1.54) is 4.90 Å². The number of aryl methyl sites for hydroxylation is 1. The lowest BCUT2D eigenvalue weighted by Crippen LogP contribution is -2.57. The first-order valence-electron chi connectivity index (χ1n) is 12.1. The summed E-state index contributed by atoms with van der Waals surface area (Å²) in [5.74, 6) is -0.878. The number of carbonyl (C=O) groups excluding carboxylic acids is 3. The molecule has 2 heterocycles. The predicted octanol–water partition coefficient (Wildman–Crippen LogP) is 3.40. The van der Waals surface area contributed by atoms with Crippen molar-refractivity contribution in [3.63, 3.8) is 0 Å². The molecule has 0 bridgehead atoms. The Morgan fingerprint density at radius 2 is 1.94 bits per heavy atom. The first kappa shape index (κ1) is 28.3. The summed E-state index contributed by atoms with van der Waals surface area (Å²) in [4.78, 5) is 45.8. The summed E-state index contributed by atoms with van der Waals surface area (Å²) >= 11 is 4.90. The second-order valence-corrected chi connectivity index (χ2v) is 11.9. The Morgan fingerprint density at radius 1 is 1.25 bits per heavy atom. The average Bonchev–Trinajstić information content (AvgIpc) is 3.44. The summed E-state index contributed by atoms with van der Waals surface area (Å²) in [5, 5.41) is 16.8. The highest BCUT2D eigenvalue weighted by atomic mass is 79.9. The number of likely N-dealkylation sites (tertiary alicyclic amines) is 1. The maximum absolute atomic E-state index is 13.5. The SMILES string of the molecule is Cc1ncsc1-c1ccc(CNC(=O)C2CC(O)CN2C(=O)C(NC(=O)CCCBr)C(C)(C)C)cc1. The van der Waals surface area contributed by atoms with Crippen molar-refractivity contribution in [2.24, 2.45) is 5.41 Å². The zero-order valence-corrected chi connectivity index (χ0v) is 23.6. The largest absolute Gasteiger partial charge is 0.391 e. The van der Waals surface area contributed by atoms with E-state index >= 15 is 0 Å². The molecule has 0 radical (unpaired) electrons. The van der Waals surface area contributed by atoms with Crippen LogP contribution in [0.25, 0.3) is 10.4 Å². The number of carbonyl (C=O) groups is 3. The minimum atomic E-state index is -0.802. The summed E-state index contributed by atoms with van der Waals surface area (Å²) in [7, 11) is 0. The molecule has 1 saturated heterocycles. The van der Waals surface area contributed by atoms with Crippen molar-refractivity contribution >= 4 is 45.0 Å². The van der Waals surface area contributed by atoms with Crippen molar-refractivity contribution in [2.75, 3.05) is 11.9 Å². The molecule has 0 saturated carbocycles. The molecule has 10 heteroatoms. The number of β-amino-alcohol motifs (C(OH)–C–C–N with tert-alkyl or cyclic N) is 1. The maximum atomic E-state index is 13.5. The summed E-state index contributed by atoms with van der Waals surface area (Å²) < 4.78 is 0. The van der Waals surface area contributed by atoms with E-state index in [0.29, 0.717) is 24.7 Å².